The molecule has 0 aliphatic carbocycles. The standard InChI is InChI=1S/C12H8Br2N4/c13-6-1-2-9(15)8(3-6)11-17-10-4-7(14)5-16-12(10)18-11/h1-5H,15H2,(H,16,17,18). The van der Waals surface area contributed by atoms with Gasteiger partial charge in [-0.15, -0.1) is 0 Å². The molecule has 18 heavy (non-hydrogen) atoms. The molecule has 0 atom stereocenters. The summed E-state index contributed by atoms with van der Waals surface area (Å²) in [5.74, 6) is 0.717. The van der Waals surface area contributed by atoms with Crippen molar-refractivity contribution in [2.24, 2.45) is 0 Å². The highest BCUT2D eigenvalue weighted by Crippen LogP contribution is 2.28. The van der Waals surface area contributed by atoms with Crippen LogP contribution >= 0.6 is 31.9 Å². The lowest BCUT2D eigenvalue weighted by atomic mass is 10.2. The van der Waals surface area contributed by atoms with Gasteiger partial charge in [-0.3, -0.25) is 0 Å². The van der Waals surface area contributed by atoms with Crippen molar-refractivity contribution in [3.05, 3.63) is 39.4 Å². The summed E-state index contributed by atoms with van der Waals surface area (Å²) in [6.45, 7) is 0. The van der Waals surface area contributed by atoms with Crippen molar-refractivity contribution in [3.63, 3.8) is 0 Å². The fraction of sp³-hybridized carbons (Fsp3) is 0. The lowest BCUT2D eigenvalue weighted by molar-refractivity contribution is 1.30. The molecule has 0 bridgehead atoms. The number of halogens is 2. The summed E-state index contributed by atoms with van der Waals surface area (Å²) >= 11 is 6.81. The highest BCUT2D eigenvalue weighted by atomic mass is 79.9. The van der Waals surface area contributed by atoms with Gasteiger partial charge < -0.3 is 10.7 Å². The SMILES string of the molecule is Nc1ccc(Br)cc1-c1nc2ncc(Br)cc2[nH]1. The minimum atomic E-state index is 0.674. The van der Waals surface area contributed by atoms with Crippen LogP contribution in [0.2, 0.25) is 0 Å². The van der Waals surface area contributed by atoms with E-state index in [1.54, 1.807) is 6.20 Å². The largest absolute Gasteiger partial charge is 0.398 e. The Kier molecular flexibility index (Phi) is 2.83. The van der Waals surface area contributed by atoms with Crippen molar-refractivity contribution in [2.75, 3.05) is 5.73 Å². The normalized spacial score (nSPS) is 11.0. The first-order valence-electron chi connectivity index (χ1n) is 5.20. The summed E-state index contributed by atoms with van der Waals surface area (Å²) < 4.78 is 1.87. The highest BCUT2D eigenvalue weighted by Gasteiger charge is 2.09. The molecule has 0 spiro atoms. The smallest absolute Gasteiger partial charge is 0.178 e. The molecular formula is C12H8Br2N4. The van der Waals surface area contributed by atoms with Crippen molar-refractivity contribution in [1.29, 1.82) is 0 Å². The lowest BCUT2D eigenvalue weighted by Crippen LogP contribution is -1.91. The Bertz CT molecular complexity index is 736. The average molecular weight is 368 g/mol. The van der Waals surface area contributed by atoms with Crippen molar-refractivity contribution >= 4 is 48.7 Å². The van der Waals surface area contributed by atoms with Crippen molar-refractivity contribution in [2.45, 2.75) is 0 Å². The third kappa shape index (κ3) is 2.02. The van der Waals surface area contributed by atoms with E-state index in [9.17, 15) is 0 Å². The number of imidazole rings is 1. The second kappa shape index (κ2) is 4.37. The van der Waals surface area contributed by atoms with Crippen LogP contribution in [0.3, 0.4) is 0 Å². The number of pyridine rings is 1. The van der Waals surface area contributed by atoms with E-state index in [1.807, 2.05) is 24.3 Å². The number of fused-ring (bicyclic) bond motifs is 1. The van der Waals surface area contributed by atoms with Gasteiger partial charge in [-0.05, 0) is 40.2 Å². The van der Waals surface area contributed by atoms with Gasteiger partial charge in [0.05, 0.1) is 5.52 Å². The van der Waals surface area contributed by atoms with Gasteiger partial charge in [0.2, 0.25) is 0 Å². The van der Waals surface area contributed by atoms with Gasteiger partial charge in [-0.2, -0.15) is 0 Å². The van der Waals surface area contributed by atoms with Crippen LogP contribution in [0, 0.1) is 0 Å². The number of aromatic amines is 1. The molecule has 6 heteroatoms. The maximum absolute atomic E-state index is 5.96. The van der Waals surface area contributed by atoms with Crippen molar-refractivity contribution in [1.82, 2.24) is 15.0 Å². The molecule has 0 amide bonds. The predicted octanol–water partition coefficient (Wildman–Crippen LogP) is 3.73. The summed E-state index contributed by atoms with van der Waals surface area (Å²) in [7, 11) is 0. The molecule has 0 unspecified atom stereocenters. The Morgan fingerprint density at radius 3 is 2.78 bits per heavy atom. The van der Waals surface area contributed by atoms with Crippen molar-refractivity contribution < 1.29 is 0 Å². The second-order valence-electron chi connectivity index (χ2n) is 3.84. The molecule has 0 saturated heterocycles. The third-order valence-electron chi connectivity index (χ3n) is 2.57. The van der Waals surface area contributed by atoms with Crippen LogP contribution in [0.5, 0.6) is 0 Å². The van der Waals surface area contributed by atoms with E-state index in [0.29, 0.717) is 11.3 Å². The first-order chi connectivity index (χ1) is 8.63. The lowest BCUT2D eigenvalue weighted by Gasteiger charge is -2.02. The number of aromatic nitrogens is 3. The monoisotopic (exact) mass is 366 g/mol. The molecule has 0 fully saturated rings. The van der Waals surface area contributed by atoms with Crippen LogP contribution in [-0.4, -0.2) is 15.0 Å². The zero-order valence-corrected chi connectivity index (χ0v) is 12.3. The molecule has 0 radical (unpaired) electrons. The Morgan fingerprint density at radius 2 is 1.94 bits per heavy atom. The molecule has 0 aliphatic heterocycles. The fourth-order valence-electron chi connectivity index (χ4n) is 1.74. The number of hydrogen-bond acceptors (Lipinski definition) is 3. The summed E-state index contributed by atoms with van der Waals surface area (Å²) in [5, 5.41) is 0. The van der Waals surface area contributed by atoms with Gasteiger partial charge >= 0.3 is 0 Å². The number of nitrogens with one attached hydrogen (secondary N) is 1. The molecule has 0 saturated carbocycles. The quantitative estimate of drug-likeness (QED) is 0.644. The number of nitrogens with zero attached hydrogens (tertiary/aromatic N) is 2. The molecule has 4 nitrogen and oxygen atoms in total. The Hall–Kier alpha value is -1.40. The maximum Gasteiger partial charge on any atom is 0.178 e. The van der Waals surface area contributed by atoms with E-state index < -0.39 is 0 Å². The summed E-state index contributed by atoms with van der Waals surface area (Å²) in [5.41, 5.74) is 9.05. The van der Waals surface area contributed by atoms with E-state index >= 15 is 0 Å². The van der Waals surface area contributed by atoms with Crippen LogP contribution in [0.4, 0.5) is 5.69 Å². The number of rotatable bonds is 1. The van der Waals surface area contributed by atoms with Gasteiger partial charge in [0.25, 0.3) is 0 Å². The molecule has 3 N–H and O–H groups in total. The number of nitrogen functional groups attached to an aromatic ring is 1. The number of H-pyrrole nitrogens is 1. The maximum atomic E-state index is 5.96. The van der Waals surface area contributed by atoms with E-state index in [4.69, 9.17) is 5.73 Å². The number of anilines is 1. The Labute approximate surface area is 120 Å². The predicted molar refractivity (Wildman–Crippen MR) is 79.1 cm³/mol. The minimum absolute atomic E-state index is 0.674. The second-order valence-corrected chi connectivity index (χ2v) is 5.67. The summed E-state index contributed by atoms with van der Waals surface area (Å²) in [6.07, 6.45) is 1.72. The molecular weight excluding hydrogens is 360 g/mol. The summed E-state index contributed by atoms with van der Waals surface area (Å²) in [4.78, 5) is 11.9. The highest BCUT2D eigenvalue weighted by molar-refractivity contribution is 9.10. The third-order valence-corrected chi connectivity index (χ3v) is 3.50. The first kappa shape index (κ1) is 11.7. The van der Waals surface area contributed by atoms with Crippen LogP contribution in [-0.2, 0) is 0 Å². The van der Waals surface area contributed by atoms with Crippen LogP contribution in [0.25, 0.3) is 22.6 Å². The zero-order valence-electron chi connectivity index (χ0n) is 9.11. The van der Waals surface area contributed by atoms with Gasteiger partial charge in [0.1, 0.15) is 5.82 Å². The van der Waals surface area contributed by atoms with E-state index in [2.05, 4.69) is 46.8 Å². The average Bonchev–Trinajstić information content (AvgIpc) is 2.74. The topological polar surface area (TPSA) is 67.6 Å². The molecule has 90 valence electrons. The number of hydrogen-bond donors (Lipinski definition) is 2. The van der Waals surface area contributed by atoms with E-state index in [0.717, 1.165) is 25.8 Å². The molecule has 2 aromatic heterocycles. The molecule has 3 aromatic rings. The van der Waals surface area contributed by atoms with Crippen LogP contribution < -0.4 is 5.73 Å². The molecule has 2 heterocycles. The van der Waals surface area contributed by atoms with E-state index in [-0.39, 0.29) is 0 Å². The molecule has 0 aliphatic rings. The Morgan fingerprint density at radius 1 is 1.11 bits per heavy atom. The summed E-state index contributed by atoms with van der Waals surface area (Å²) in [6, 6.07) is 7.61. The van der Waals surface area contributed by atoms with Crippen LogP contribution in [0.15, 0.2) is 39.4 Å². The van der Waals surface area contributed by atoms with Gasteiger partial charge in [0.15, 0.2) is 5.65 Å². The Balaban J connectivity index is 2.22. The number of benzene rings is 1. The molecule has 3 rings (SSSR count). The molecule has 1 aromatic carbocycles. The van der Waals surface area contributed by atoms with Crippen molar-refractivity contribution in [3.8, 4) is 11.4 Å². The minimum Gasteiger partial charge on any atom is -0.398 e. The van der Waals surface area contributed by atoms with Crippen LogP contribution in [0.1, 0.15) is 0 Å². The fourth-order valence-corrected chi connectivity index (χ4v) is 2.43. The van der Waals surface area contributed by atoms with E-state index in [1.165, 1.54) is 0 Å². The van der Waals surface area contributed by atoms with Gasteiger partial charge in [-0.25, -0.2) is 9.97 Å². The number of nitrogens with two attached hydrogens (primary N) is 1. The zero-order chi connectivity index (χ0) is 12.7. The van der Waals surface area contributed by atoms with Gasteiger partial charge in [0, 0.05) is 26.4 Å². The first-order valence-corrected chi connectivity index (χ1v) is 6.79. The van der Waals surface area contributed by atoms with Gasteiger partial charge in [-0.1, -0.05) is 15.9 Å².